The monoisotopic (exact) mass is 227 g/mol. The zero-order chi connectivity index (χ0) is 12.0. The van der Waals surface area contributed by atoms with Gasteiger partial charge in [-0.3, -0.25) is 0 Å². The number of hydrogen-bond acceptors (Lipinski definition) is 3. The molecule has 5 heteroatoms. The van der Waals surface area contributed by atoms with Gasteiger partial charge < -0.3 is 5.11 Å². The van der Waals surface area contributed by atoms with Crippen LogP contribution in [0.1, 0.15) is 16.3 Å². The summed E-state index contributed by atoms with van der Waals surface area (Å²) in [7, 11) is 0. The molecule has 1 aromatic carbocycles. The Kier molecular flexibility index (Phi) is 1.89. The second-order valence-corrected chi connectivity index (χ2v) is 3.81. The summed E-state index contributed by atoms with van der Waals surface area (Å²) in [4.78, 5) is 15.3. The molecule has 2 aromatic heterocycles. The van der Waals surface area contributed by atoms with Gasteiger partial charge in [-0.1, -0.05) is 18.2 Å². The number of aromatic nitrogens is 3. The van der Waals surface area contributed by atoms with E-state index in [2.05, 4.69) is 10.1 Å². The maximum absolute atomic E-state index is 10.9. The molecule has 0 saturated heterocycles. The number of rotatable bonds is 1. The Morgan fingerprint density at radius 3 is 2.88 bits per heavy atom. The van der Waals surface area contributed by atoms with Crippen molar-refractivity contribution < 1.29 is 9.90 Å². The first-order chi connectivity index (χ1) is 8.16. The Morgan fingerprint density at radius 1 is 1.35 bits per heavy atom. The van der Waals surface area contributed by atoms with Crippen molar-refractivity contribution in [1.82, 2.24) is 14.6 Å². The minimum Gasteiger partial charge on any atom is -0.476 e. The number of fused-ring (bicyclic) bond motifs is 3. The van der Waals surface area contributed by atoms with Crippen LogP contribution in [0.2, 0.25) is 0 Å². The van der Waals surface area contributed by atoms with Gasteiger partial charge in [-0.15, -0.1) is 0 Å². The van der Waals surface area contributed by atoms with Crippen LogP contribution in [0.5, 0.6) is 0 Å². The number of nitrogens with zero attached hydrogens (tertiary/aromatic N) is 3. The van der Waals surface area contributed by atoms with Gasteiger partial charge >= 0.3 is 5.97 Å². The fourth-order valence-electron chi connectivity index (χ4n) is 1.93. The highest BCUT2D eigenvalue weighted by Crippen LogP contribution is 2.20. The van der Waals surface area contributed by atoms with Crippen LogP contribution in [0, 0.1) is 6.92 Å². The van der Waals surface area contributed by atoms with Gasteiger partial charge in [-0.25, -0.2) is 14.3 Å². The average molecular weight is 227 g/mol. The summed E-state index contributed by atoms with van der Waals surface area (Å²) in [5.74, 6) is -0.358. The summed E-state index contributed by atoms with van der Waals surface area (Å²) >= 11 is 0. The van der Waals surface area contributed by atoms with Gasteiger partial charge in [0.15, 0.2) is 5.69 Å². The lowest BCUT2D eigenvalue weighted by molar-refractivity contribution is 0.0690. The number of carbonyl (C=O) groups is 1. The van der Waals surface area contributed by atoms with Crippen LogP contribution in [-0.4, -0.2) is 25.7 Å². The molecule has 0 atom stereocenters. The highest BCUT2D eigenvalue weighted by atomic mass is 16.4. The summed E-state index contributed by atoms with van der Waals surface area (Å²) in [6.07, 6.45) is 0. The van der Waals surface area contributed by atoms with Gasteiger partial charge in [-0.2, -0.15) is 5.10 Å². The second kappa shape index (κ2) is 3.28. The number of benzene rings is 1. The standard InChI is InChI=1S/C12H9N3O2/c1-7-13-9-5-3-2-4-8(9)11-6-10(12(16)17)14-15(7)11/h2-6H,1H3,(H,16,17). The molecule has 5 nitrogen and oxygen atoms in total. The first-order valence-corrected chi connectivity index (χ1v) is 5.15. The van der Waals surface area contributed by atoms with E-state index in [9.17, 15) is 4.79 Å². The molecule has 3 aromatic rings. The molecule has 0 aliphatic carbocycles. The number of carboxylic acids is 1. The van der Waals surface area contributed by atoms with Crippen LogP contribution in [0.3, 0.4) is 0 Å². The van der Waals surface area contributed by atoms with Gasteiger partial charge in [0.2, 0.25) is 0 Å². The van der Waals surface area contributed by atoms with Crippen LogP contribution in [0.25, 0.3) is 16.4 Å². The molecule has 0 saturated carbocycles. The van der Waals surface area contributed by atoms with Gasteiger partial charge in [0.25, 0.3) is 0 Å². The Hall–Kier alpha value is -2.43. The summed E-state index contributed by atoms with van der Waals surface area (Å²) in [6.45, 7) is 1.80. The number of para-hydroxylation sites is 1. The molecule has 0 radical (unpaired) electrons. The highest BCUT2D eigenvalue weighted by Gasteiger charge is 2.12. The van der Waals surface area contributed by atoms with E-state index in [0.717, 1.165) is 16.4 Å². The lowest BCUT2D eigenvalue weighted by Crippen LogP contribution is -2.01. The molecular weight excluding hydrogens is 218 g/mol. The van der Waals surface area contributed by atoms with Crippen LogP contribution in [0.4, 0.5) is 0 Å². The van der Waals surface area contributed by atoms with Crippen molar-refractivity contribution >= 4 is 22.4 Å². The van der Waals surface area contributed by atoms with Crippen molar-refractivity contribution in [2.75, 3.05) is 0 Å². The molecule has 0 amide bonds. The lowest BCUT2D eigenvalue weighted by atomic mass is 10.2. The molecule has 0 fully saturated rings. The quantitative estimate of drug-likeness (QED) is 0.689. The Labute approximate surface area is 96.3 Å². The van der Waals surface area contributed by atoms with Gasteiger partial charge in [0.05, 0.1) is 11.0 Å². The third kappa shape index (κ3) is 1.36. The zero-order valence-electron chi connectivity index (χ0n) is 9.08. The zero-order valence-corrected chi connectivity index (χ0v) is 9.08. The van der Waals surface area contributed by atoms with Crippen molar-refractivity contribution in [3.8, 4) is 0 Å². The number of aromatic carboxylic acids is 1. The van der Waals surface area contributed by atoms with Crippen molar-refractivity contribution in [3.63, 3.8) is 0 Å². The van der Waals surface area contributed by atoms with Gasteiger partial charge in [-0.05, 0) is 19.1 Å². The Balaban J connectivity index is 2.51. The maximum atomic E-state index is 10.9. The van der Waals surface area contributed by atoms with Crippen molar-refractivity contribution in [1.29, 1.82) is 0 Å². The molecular formula is C12H9N3O2. The Morgan fingerprint density at radius 2 is 2.12 bits per heavy atom. The Bertz CT molecular complexity index is 746. The predicted octanol–water partition coefficient (Wildman–Crippen LogP) is 1.89. The summed E-state index contributed by atoms with van der Waals surface area (Å²) < 4.78 is 1.56. The van der Waals surface area contributed by atoms with E-state index in [1.54, 1.807) is 17.5 Å². The molecule has 1 N–H and O–H groups in total. The molecule has 0 unspecified atom stereocenters. The van der Waals surface area contributed by atoms with E-state index < -0.39 is 5.97 Å². The number of hydrogen-bond donors (Lipinski definition) is 1. The van der Waals surface area contributed by atoms with Gasteiger partial charge in [0, 0.05) is 5.39 Å². The molecule has 0 aliphatic rings. The van der Waals surface area contributed by atoms with E-state index >= 15 is 0 Å². The number of aryl methyl sites for hydroxylation is 1. The fourth-order valence-corrected chi connectivity index (χ4v) is 1.93. The normalized spacial score (nSPS) is 11.1. The minimum atomic E-state index is -1.03. The fraction of sp³-hybridized carbons (Fsp3) is 0.0833. The lowest BCUT2D eigenvalue weighted by Gasteiger charge is -2.02. The van der Waals surface area contributed by atoms with E-state index in [-0.39, 0.29) is 5.69 Å². The van der Waals surface area contributed by atoms with E-state index in [0.29, 0.717) is 5.82 Å². The first-order valence-electron chi connectivity index (χ1n) is 5.15. The first kappa shape index (κ1) is 9.77. The molecule has 2 heterocycles. The van der Waals surface area contributed by atoms with Crippen LogP contribution in [-0.2, 0) is 0 Å². The van der Waals surface area contributed by atoms with E-state index in [4.69, 9.17) is 5.11 Å². The SMILES string of the molecule is Cc1nc2ccccc2c2cc(C(=O)O)nn12. The average Bonchev–Trinajstić information content (AvgIpc) is 2.75. The van der Waals surface area contributed by atoms with Crippen molar-refractivity contribution in [2.45, 2.75) is 6.92 Å². The predicted molar refractivity (Wildman–Crippen MR) is 62.2 cm³/mol. The second-order valence-electron chi connectivity index (χ2n) is 3.81. The highest BCUT2D eigenvalue weighted by molar-refractivity contribution is 5.96. The van der Waals surface area contributed by atoms with E-state index in [1.807, 2.05) is 24.3 Å². The minimum absolute atomic E-state index is 0.0336. The van der Waals surface area contributed by atoms with Crippen LogP contribution in [0.15, 0.2) is 30.3 Å². The van der Waals surface area contributed by atoms with Crippen LogP contribution >= 0.6 is 0 Å². The van der Waals surface area contributed by atoms with Gasteiger partial charge in [0.1, 0.15) is 5.82 Å². The summed E-state index contributed by atoms with van der Waals surface area (Å²) in [5.41, 5.74) is 1.64. The third-order valence-corrected chi connectivity index (χ3v) is 2.70. The van der Waals surface area contributed by atoms with E-state index in [1.165, 1.54) is 0 Å². The third-order valence-electron chi connectivity index (χ3n) is 2.70. The van der Waals surface area contributed by atoms with Crippen molar-refractivity contribution in [2.24, 2.45) is 0 Å². The molecule has 0 aliphatic heterocycles. The molecule has 3 rings (SSSR count). The van der Waals surface area contributed by atoms with Crippen LogP contribution < -0.4 is 0 Å². The van der Waals surface area contributed by atoms with Crippen molar-refractivity contribution in [3.05, 3.63) is 41.9 Å². The topological polar surface area (TPSA) is 67.5 Å². The summed E-state index contributed by atoms with van der Waals surface area (Å²) in [6, 6.07) is 9.17. The summed E-state index contributed by atoms with van der Waals surface area (Å²) in [5, 5.41) is 13.9. The smallest absolute Gasteiger partial charge is 0.356 e. The molecule has 84 valence electrons. The largest absolute Gasteiger partial charge is 0.476 e. The molecule has 0 bridgehead atoms. The number of carboxylic acid groups (broad SMARTS) is 1. The molecule has 17 heavy (non-hydrogen) atoms. The molecule has 0 spiro atoms. The maximum Gasteiger partial charge on any atom is 0.356 e.